The number of phenolic OH excluding ortho intramolecular Hbond substituents is 1. The second-order valence-corrected chi connectivity index (χ2v) is 12.0. The van der Waals surface area contributed by atoms with Crippen molar-refractivity contribution in [3.05, 3.63) is 66.8 Å². The second-order valence-electron chi connectivity index (χ2n) is 10.8. The molecule has 4 aliphatic carbocycles. The third-order valence-electron chi connectivity index (χ3n) is 8.47. The van der Waals surface area contributed by atoms with Gasteiger partial charge in [0.25, 0.3) is 17.5 Å². The summed E-state index contributed by atoms with van der Waals surface area (Å²) in [5.74, 6) is 0.254. The Morgan fingerprint density at radius 1 is 1.03 bits per heavy atom. The third-order valence-corrected chi connectivity index (χ3v) is 9.29. The van der Waals surface area contributed by atoms with Gasteiger partial charge >= 0.3 is 6.03 Å². The van der Waals surface area contributed by atoms with Gasteiger partial charge in [0.2, 0.25) is 0 Å². The molecule has 0 aromatic heterocycles. The van der Waals surface area contributed by atoms with E-state index in [-0.39, 0.29) is 26.0 Å². The predicted molar refractivity (Wildman–Crippen MR) is 143 cm³/mol. The molecule has 9 nitrogen and oxygen atoms in total. The molecule has 0 spiro atoms. The second kappa shape index (κ2) is 8.64. The smallest absolute Gasteiger partial charge is 0.335 e. The number of urea groups is 1. The molecule has 2 aromatic rings. The summed E-state index contributed by atoms with van der Waals surface area (Å²) >= 11 is 1.73. The summed E-state index contributed by atoms with van der Waals surface area (Å²) in [5.41, 5.74) is 0.959. The molecular weight excluding hydrogens is 589 g/mol. The van der Waals surface area contributed by atoms with Gasteiger partial charge in [0.15, 0.2) is 0 Å². The molecule has 0 unspecified atom stereocenters. The van der Waals surface area contributed by atoms with Crippen molar-refractivity contribution in [1.82, 2.24) is 5.32 Å². The lowest BCUT2D eigenvalue weighted by molar-refractivity contribution is -0.385. The van der Waals surface area contributed by atoms with Crippen LogP contribution in [0.5, 0.6) is 5.75 Å². The van der Waals surface area contributed by atoms with Crippen molar-refractivity contribution < 1.29 is 24.4 Å². The number of amides is 4. The number of aromatic hydroxyl groups is 1. The molecular formula is C27H24IN3O6. The molecule has 0 radical (unpaired) electrons. The number of carbonyl (C=O) groups is 3. The number of rotatable bonds is 4. The number of nitro benzene ring substituents is 1. The summed E-state index contributed by atoms with van der Waals surface area (Å²) < 4.78 is 0.190. The van der Waals surface area contributed by atoms with Gasteiger partial charge in [-0.2, -0.15) is 0 Å². The number of barbiturate groups is 1. The molecule has 0 atom stereocenters. The number of phenols is 1. The Kier molecular flexibility index (Phi) is 5.62. The largest absolute Gasteiger partial charge is 0.506 e. The Morgan fingerprint density at radius 2 is 1.62 bits per heavy atom. The molecule has 10 heteroatoms. The van der Waals surface area contributed by atoms with Gasteiger partial charge in [0, 0.05) is 17.7 Å². The SMILES string of the molecule is O=C1NC(=O)N(c2ccc(C34CC5CC(CC(C5)C3)C4)cc2)C(=O)/C1=C/c1cc([N+](=O)[O-])cc(I)c1O. The van der Waals surface area contributed by atoms with Crippen LogP contribution >= 0.6 is 22.6 Å². The van der Waals surface area contributed by atoms with Crippen LogP contribution < -0.4 is 10.2 Å². The van der Waals surface area contributed by atoms with E-state index in [0.29, 0.717) is 5.69 Å². The zero-order valence-corrected chi connectivity index (χ0v) is 21.9. The van der Waals surface area contributed by atoms with E-state index < -0.39 is 28.3 Å². The minimum Gasteiger partial charge on any atom is -0.506 e. The monoisotopic (exact) mass is 613 g/mol. The first-order valence-electron chi connectivity index (χ1n) is 12.3. The van der Waals surface area contributed by atoms with Crippen LogP contribution in [0.4, 0.5) is 16.2 Å². The first kappa shape index (κ1) is 24.1. The van der Waals surface area contributed by atoms with Crippen LogP contribution in [0.25, 0.3) is 6.08 Å². The van der Waals surface area contributed by atoms with Crippen LogP contribution in [0.1, 0.15) is 49.7 Å². The number of anilines is 1. The fourth-order valence-corrected chi connectivity index (χ4v) is 7.93. The highest BCUT2D eigenvalue weighted by Gasteiger charge is 2.51. The molecule has 37 heavy (non-hydrogen) atoms. The number of hydrogen-bond donors (Lipinski definition) is 2. The first-order valence-corrected chi connectivity index (χ1v) is 13.4. The van der Waals surface area contributed by atoms with Crippen LogP contribution in [0.2, 0.25) is 0 Å². The maximum absolute atomic E-state index is 13.3. The van der Waals surface area contributed by atoms with Crippen LogP contribution in [0.15, 0.2) is 42.0 Å². The van der Waals surface area contributed by atoms with E-state index in [1.54, 1.807) is 34.7 Å². The van der Waals surface area contributed by atoms with Crippen LogP contribution in [-0.2, 0) is 15.0 Å². The van der Waals surface area contributed by atoms with E-state index in [9.17, 15) is 29.6 Å². The third kappa shape index (κ3) is 4.01. The molecule has 1 aliphatic heterocycles. The Morgan fingerprint density at radius 3 is 2.19 bits per heavy atom. The molecule has 4 amide bonds. The topological polar surface area (TPSA) is 130 Å². The van der Waals surface area contributed by atoms with E-state index >= 15 is 0 Å². The standard InChI is InChI=1S/C27H24IN3O6/c28-22-10-20(31(36)37)8-17(23(22)32)9-21-24(33)29-26(35)30(25(21)34)19-3-1-18(2-4-19)27-11-14-5-15(12-27)7-16(6-14)13-27/h1-4,8-10,14-16,32H,5-7,11-13H2,(H,29,33,35)/b21-9+. The number of halogens is 1. The quantitative estimate of drug-likeness (QED) is 0.164. The number of non-ortho nitro benzene ring substituents is 1. The maximum Gasteiger partial charge on any atom is 0.335 e. The number of nitrogens with one attached hydrogen (secondary N) is 1. The molecule has 5 fully saturated rings. The number of benzene rings is 2. The van der Waals surface area contributed by atoms with Crippen molar-refractivity contribution in [2.24, 2.45) is 17.8 Å². The van der Waals surface area contributed by atoms with E-state index in [2.05, 4.69) is 5.32 Å². The maximum atomic E-state index is 13.3. The molecule has 7 rings (SSSR count). The lowest BCUT2D eigenvalue weighted by Gasteiger charge is -2.57. The summed E-state index contributed by atoms with van der Waals surface area (Å²) in [6.45, 7) is 0. The number of hydrogen-bond acceptors (Lipinski definition) is 6. The van der Waals surface area contributed by atoms with E-state index in [4.69, 9.17) is 0 Å². The Labute approximate surface area is 226 Å². The molecule has 1 heterocycles. The highest BCUT2D eigenvalue weighted by Crippen LogP contribution is 2.60. The van der Waals surface area contributed by atoms with Crippen molar-refractivity contribution in [3.8, 4) is 5.75 Å². The van der Waals surface area contributed by atoms with Crippen molar-refractivity contribution in [2.45, 2.75) is 43.9 Å². The molecule has 4 bridgehead atoms. The lowest BCUT2D eigenvalue weighted by Crippen LogP contribution is -2.54. The highest BCUT2D eigenvalue weighted by atomic mass is 127. The minimum atomic E-state index is -0.933. The van der Waals surface area contributed by atoms with Crippen molar-refractivity contribution in [2.75, 3.05) is 4.90 Å². The van der Waals surface area contributed by atoms with E-state index in [0.717, 1.165) is 34.8 Å². The molecule has 2 N–H and O–H groups in total. The Balaban J connectivity index is 1.32. The Bertz CT molecular complexity index is 1360. The average molecular weight is 613 g/mol. The highest BCUT2D eigenvalue weighted by molar-refractivity contribution is 14.1. The zero-order chi connectivity index (χ0) is 26.1. The van der Waals surface area contributed by atoms with Crippen LogP contribution in [0.3, 0.4) is 0 Å². The van der Waals surface area contributed by atoms with Crippen molar-refractivity contribution in [3.63, 3.8) is 0 Å². The van der Waals surface area contributed by atoms with Gasteiger partial charge in [0.05, 0.1) is 14.2 Å². The zero-order valence-electron chi connectivity index (χ0n) is 19.8. The molecule has 4 saturated carbocycles. The molecule has 5 aliphatic rings. The number of nitrogens with zero attached hydrogens (tertiary/aromatic N) is 2. The van der Waals surface area contributed by atoms with Gasteiger partial charge in [-0.25, -0.2) is 9.69 Å². The fraction of sp³-hybridized carbons (Fsp3) is 0.370. The minimum absolute atomic E-state index is 0.0661. The van der Waals surface area contributed by atoms with Crippen LogP contribution in [0, 0.1) is 31.4 Å². The van der Waals surface area contributed by atoms with E-state index in [1.807, 2.05) is 12.1 Å². The summed E-state index contributed by atoms with van der Waals surface area (Å²) in [6.07, 6.45) is 8.65. The van der Waals surface area contributed by atoms with Gasteiger partial charge < -0.3 is 5.11 Å². The van der Waals surface area contributed by atoms with Crippen molar-refractivity contribution >= 4 is 57.9 Å². The average Bonchev–Trinajstić information content (AvgIpc) is 2.83. The van der Waals surface area contributed by atoms with Crippen LogP contribution in [-0.4, -0.2) is 27.9 Å². The summed E-state index contributed by atoms with van der Waals surface area (Å²) in [7, 11) is 0. The summed E-state index contributed by atoms with van der Waals surface area (Å²) in [5, 5.41) is 23.8. The molecule has 2 aromatic carbocycles. The predicted octanol–water partition coefficient (Wildman–Crippen LogP) is 5.04. The normalized spacial score (nSPS) is 29.6. The number of imide groups is 2. The summed E-state index contributed by atoms with van der Waals surface area (Å²) in [6, 6.07) is 8.87. The van der Waals surface area contributed by atoms with Gasteiger partial charge in [-0.1, -0.05) is 12.1 Å². The number of carbonyl (C=O) groups excluding carboxylic acids is 3. The van der Waals surface area contributed by atoms with Gasteiger partial charge in [0.1, 0.15) is 11.3 Å². The summed E-state index contributed by atoms with van der Waals surface area (Å²) in [4.78, 5) is 50.1. The first-order chi connectivity index (χ1) is 17.6. The van der Waals surface area contributed by atoms with E-state index in [1.165, 1.54) is 50.2 Å². The lowest BCUT2D eigenvalue weighted by atomic mass is 9.48. The Hall–Kier alpha value is -3.28. The van der Waals surface area contributed by atoms with Gasteiger partial charge in [-0.3, -0.25) is 25.0 Å². The molecule has 190 valence electrons. The van der Waals surface area contributed by atoms with Gasteiger partial charge in [-0.15, -0.1) is 0 Å². The van der Waals surface area contributed by atoms with Gasteiger partial charge in [-0.05, 0) is 108 Å². The van der Waals surface area contributed by atoms with Crippen molar-refractivity contribution in [1.29, 1.82) is 0 Å². The fourth-order valence-electron chi connectivity index (χ4n) is 7.30. The number of nitro groups is 1. The molecule has 1 saturated heterocycles.